The number of hydrogen-bond acceptors (Lipinski definition) is 3. The predicted octanol–water partition coefficient (Wildman–Crippen LogP) is 2.93. The fourth-order valence-corrected chi connectivity index (χ4v) is 2.15. The highest BCUT2D eigenvalue weighted by molar-refractivity contribution is 5.84. The summed E-state index contributed by atoms with van der Waals surface area (Å²) in [5.41, 5.74) is 0.821. The molecular weight excluding hydrogens is 276 g/mol. The molecule has 1 N–H and O–H groups in total. The number of rotatable bonds is 5. The molecule has 0 aliphatic rings. The molecule has 1 aromatic heterocycles. The molecule has 0 saturated carbocycles. The lowest BCUT2D eigenvalue weighted by Crippen LogP contribution is -2.28. The fourth-order valence-electron chi connectivity index (χ4n) is 2.15. The number of amides is 1. The van der Waals surface area contributed by atoms with E-state index in [1.807, 2.05) is 60.7 Å². The molecule has 4 heteroatoms. The molecule has 3 aromatic rings. The van der Waals surface area contributed by atoms with Gasteiger partial charge in [0.15, 0.2) is 6.61 Å². The molecule has 0 saturated heterocycles. The molecule has 0 aliphatic carbocycles. The van der Waals surface area contributed by atoms with Gasteiger partial charge in [-0.3, -0.25) is 9.78 Å². The zero-order chi connectivity index (χ0) is 15.2. The van der Waals surface area contributed by atoms with Crippen LogP contribution in [0.2, 0.25) is 0 Å². The monoisotopic (exact) mass is 292 g/mol. The van der Waals surface area contributed by atoms with Crippen LogP contribution in [0.3, 0.4) is 0 Å². The molecule has 3 rings (SSSR count). The molecule has 2 aromatic carbocycles. The Kier molecular flexibility index (Phi) is 4.30. The highest BCUT2D eigenvalue weighted by Crippen LogP contribution is 2.20. The Hall–Kier alpha value is -2.88. The van der Waals surface area contributed by atoms with E-state index in [4.69, 9.17) is 4.74 Å². The van der Waals surface area contributed by atoms with Gasteiger partial charge < -0.3 is 10.1 Å². The molecule has 0 unspecified atom stereocenters. The summed E-state index contributed by atoms with van der Waals surface area (Å²) in [6, 6.07) is 19.4. The van der Waals surface area contributed by atoms with Gasteiger partial charge in [-0.2, -0.15) is 0 Å². The number of carbonyl (C=O) groups is 1. The standard InChI is InChI=1S/C18H16N2O2/c21-18(20-12-16-7-3-4-10-19-16)13-22-17-9-8-14-5-1-2-6-15(14)11-17/h1-11H,12-13H2,(H,20,21). The number of nitrogens with zero attached hydrogens (tertiary/aromatic N) is 1. The van der Waals surface area contributed by atoms with Gasteiger partial charge >= 0.3 is 0 Å². The van der Waals surface area contributed by atoms with Gasteiger partial charge in [0.2, 0.25) is 0 Å². The van der Waals surface area contributed by atoms with Crippen molar-refractivity contribution < 1.29 is 9.53 Å². The number of hydrogen-bond donors (Lipinski definition) is 1. The lowest BCUT2D eigenvalue weighted by Gasteiger charge is -2.08. The van der Waals surface area contributed by atoms with E-state index in [1.165, 1.54) is 0 Å². The fraction of sp³-hybridized carbons (Fsp3) is 0.111. The molecule has 4 nitrogen and oxygen atoms in total. The van der Waals surface area contributed by atoms with E-state index in [9.17, 15) is 4.79 Å². The molecule has 0 fully saturated rings. The van der Waals surface area contributed by atoms with Crippen molar-refractivity contribution in [2.45, 2.75) is 6.54 Å². The maximum Gasteiger partial charge on any atom is 0.258 e. The average molecular weight is 292 g/mol. The van der Waals surface area contributed by atoms with E-state index in [0.717, 1.165) is 16.5 Å². The van der Waals surface area contributed by atoms with Gasteiger partial charge in [0.05, 0.1) is 12.2 Å². The maximum absolute atomic E-state index is 11.8. The first-order chi connectivity index (χ1) is 10.8. The van der Waals surface area contributed by atoms with Crippen molar-refractivity contribution in [3.05, 3.63) is 72.6 Å². The van der Waals surface area contributed by atoms with Gasteiger partial charge in [-0.05, 0) is 35.0 Å². The molecule has 0 aliphatic heterocycles. The summed E-state index contributed by atoms with van der Waals surface area (Å²) in [6.07, 6.45) is 1.70. The summed E-state index contributed by atoms with van der Waals surface area (Å²) in [6.45, 7) is 0.395. The normalized spacial score (nSPS) is 10.4. The summed E-state index contributed by atoms with van der Waals surface area (Å²) < 4.78 is 5.53. The molecular formula is C18H16N2O2. The number of pyridine rings is 1. The van der Waals surface area contributed by atoms with Gasteiger partial charge in [-0.15, -0.1) is 0 Å². The van der Waals surface area contributed by atoms with Crippen molar-refractivity contribution in [3.8, 4) is 5.75 Å². The second kappa shape index (κ2) is 6.72. The molecule has 22 heavy (non-hydrogen) atoms. The van der Waals surface area contributed by atoms with Crippen molar-refractivity contribution in [2.75, 3.05) is 6.61 Å². The number of nitrogens with one attached hydrogen (secondary N) is 1. The Labute approximate surface area is 128 Å². The highest BCUT2D eigenvalue weighted by Gasteiger charge is 2.04. The van der Waals surface area contributed by atoms with Crippen molar-refractivity contribution in [1.29, 1.82) is 0 Å². The van der Waals surface area contributed by atoms with Crippen LogP contribution in [-0.2, 0) is 11.3 Å². The lowest BCUT2D eigenvalue weighted by atomic mass is 10.1. The van der Waals surface area contributed by atoms with Gasteiger partial charge in [-0.25, -0.2) is 0 Å². The van der Waals surface area contributed by atoms with E-state index < -0.39 is 0 Å². The van der Waals surface area contributed by atoms with Crippen molar-refractivity contribution in [1.82, 2.24) is 10.3 Å². The van der Waals surface area contributed by atoms with Crippen LogP contribution in [0.5, 0.6) is 5.75 Å². The zero-order valence-electron chi connectivity index (χ0n) is 12.0. The van der Waals surface area contributed by atoms with Crippen LogP contribution in [0.15, 0.2) is 66.9 Å². The number of aromatic nitrogens is 1. The predicted molar refractivity (Wildman–Crippen MR) is 85.5 cm³/mol. The Morgan fingerprint density at radius 3 is 2.64 bits per heavy atom. The summed E-state index contributed by atoms with van der Waals surface area (Å²) in [7, 11) is 0. The third-order valence-electron chi connectivity index (χ3n) is 3.28. The summed E-state index contributed by atoms with van der Waals surface area (Å²) >= 11 is 0. The minimum absolute atomic E-state index is 0.00876. The highest BCUT2D eigenvalue weighted by atomic mass is 16.5. The molecule has 1 amide bonds. The van der Waals surface area contributed by atoms with E-state index in [1.54, 1.807) is 6.20 Å². The van der Waals surface area contributed by atoms with Gasteiger partial charge in [-0.1, -0.05) is 36.4 Å². The first-order valence-electron chi connectivity index (χ1n) is 7.09. The Morgan fingerprint density at radius 1 is 1.00 bits per heavy atom. The quantitative estimate of drug-likeness (QED) is 0.786. The van der Waals surface area contributed by atoms with E-state index in [-0.39, 0.29) is 12.5 Å². The van der Waals surface area contributed by atoms with Crippen LogP contribution in [-0.4, -0.2) is 17.5 Å². The van der Waals surface area contributed by atoms with Crippen molar-refractivity contribution in [3.63, 3.8) is 0 Å². The minimum Gasteiger partial charge on any atom is -0.484 e. The van der Waals surface area contributed by atoms with Crippen LogP contribution in [0.25, 0.3) is 10.8 Å². The maximum atomic E-state index is 11.8. The van der Waals surface area contributed by atoms with E-state index in [2.05, 4.69) is 10.3 Å². The van der Waals surface area contributed by atoms with Crippen LogP contribution >= 0.6 is 0 Å². The van der Waals surface area contributed by atoms with Gasteiger partial charge in [0, 0.05) is 6.20 Å². The molecule has 1 heterocycles. The largest absolute Gasteiger partial charge is 0.484 e. The zero-order valence-corrected chi connectivity index (χ0v) is 12.0. The SMILES string of the molecule is O=C(COc1ccc2ccccc2c1)NCc1ccccn1. The van der Waals surface area contributed by atoms with Crippen LogP contribution in [0.1, 0.15) is 5.69 Å². The van der Waals surface area contributed by atoms with E-state index in [0.29, 0.717) is 12.3 Å². The average Bonchev–Trinajstić information content (AvgIpc) is 2.59. The second-order valence-corrected chi connectivity index (χ2v) is 4.90. The van der Waals surface area contributed by atoms with Crippen LogP contribution < -0.4 is 10.1 Å². The summed E-state index contributed by atoms with van der Waals surface area (Å²) in [5, 5.41) is 5.02. The molecule has 0 radical (unpaired) electrons. The number of benzene rings is 2. The van der Waals surface area contributed by atoms with Gasteiger partial charge in [0.1, 0.15) is 5.75 Å². The number of fused-ring (bicyclic) bond motifs is 1. The van der Waals surface area contributed by atoms with Gasteiger partial charge in [0.25, 0.3) is 5.91 Å². The van der Waals surface area contributed by atoms with Crippen molar-refractivity contribution >= 4 is 16.7 Å². The minimum atomic E-state index is -0.168. The lowest BCUT2D eigenvalue weighted by molar-refractivity contribution is -0.123. The summed E-state index contributed by atoms with van der Waals surface area (Å²) in [5.74, 6) is 0.519. The van der Waals surface area contributed by atoms with E-state index >= 15 is 0 Å². The summed E-state index contributed by atoms with van der Waals surface area (Å²) in [4.78, 5) is 15.9. The molecule has 0 bridgehead atoms. The van der Waals surface area contributed by atoms with Crippen LogP contribution in [0, 0.1) is 0 Å². The van der Waals surface area contributed by atoms with Crippen molar-refractivity contribution in [2.24, 2.45) is 0 Å². The topological polar surface area (TPSA) is 51.2 Å². The molecule has 110 valence electrons. The molecule has 0 spiro atoms. The Morgan fingerprint density at radius 2 is 1.82 bits per heavy atom. The second-order valence-electron chi connectivity index (χ2n) is 4.90. The van der Waals surface area contributed by atoms with Crippen LogP contribution in [0.4, 0.5) is 0 Å². The number of carbonyl (C=O) groups excluding carboxylic acids is 1. The third kappa shape index (κ3) is 3.61. The number of ether oxygens (including phenoxy) is 1. The third-order valence-corrected chi connectivity index (χ3v) is 3.28. The Balaban J connectivity index is 1.53. The smallest absolute Gasteiger partial charge is 0.258 e. The first kappa shape index (κ1) is 14.1. The first-order valence-corrected chi connectivity index (χ1v) is 7.09. The Bertz CT molecular complexity index is 772. The molecule has 0 atom stereocenters.